The Morgan fingerprint density at radius 2 is 1.57 bits per heavy atom. The molecule has 2 atom stereocenters. The van der Waals surface area contributed by atoms with Crippen LogP contribution in [0.1, 0.15) is 38.5 Å². The number of benzene rings is 1. The van der Waals surface area contributed by atoms with E-state index in [1.165, 1.54) is 29.9 Å². The van der Waals surface area contributed by atoms with Crippen LogP contribution in [0.15, 0.2) is 30.4 Å². The maximum atomic E-state index is 14.0. The number of ketones is 1. The summed E-state index contributed by atoms with van der Waals surface area (Å²) in [7, 11) is 0. The normalized spacial score (nSPS) is 25.1. The van der Waals surface area contributed by atoms with Crippen LogP contribution in [0.2, 0.25) is 0 Å². The molecule has 2 unspecified atom stereocenters. The second kappa shape index (κ2) is 11.1. The Bertz CT molecular complexity index is 963. The second-order valence-electron chi connectivity index (χ2n) is 9.86. The van der Waals surface area contributed by atoms with E-state index < -0.39 is 0 Å². The first-order chi connectivity index (χ1) is 16.5. The number of rotatable bonds is 7. The molecule has 0 radical (unpaired) electrons. The van der Waals surface area contributed by atoms with Crippen molar-refractivity contribution < 1.29 is 23.5 Å². The van der Waals surface area contributed by atoms with E-state index in [9.17, 15) is 18.8 Å². The van der Waals surface area contributed by atoms with Gasteiger partial charge in [-0.15, -0.1) is 12.4 Å². The lowest BCUT2D eigenvalue weighted by Crippen LogP contribution is -2.49. The number of carbonyl (C=O) groups excluding carboxylic acids is 3. The predicted molar refractivity (Wildman–Crippen MR) is 132 cm³/mol. The first kappa shape index (κ1) is 25.6. The van der Waals surface area contributed by atoms with Crippen molar-refractivity contribution in [2.75, 3.05) is 44.2 Å². The van der Waals surface area contributed by atoms with Gasteiger partial charge >= 0.3 is 0 Å². The Morgan fingerprint density at radius 3 is 2.20 bits per heavy atom. The van der Waals surface area contributed by atoms with E-state index in [1.54, 1.807) is 6.07 Å². The number of likely N-dealkylation sites (tertiary alicyclic amines) is 1. The molecule has 2 amide bonds. The number of fused-ring (bicyclic) bond motifs is 1. The van der Waals surface area contributed by atoms with Crippen LogP contribution < -0.4 is 9.64 Å². The topological polar surface area (TPSA) is 70.2 Å². The van der Waals surface area contributed by atoms with E-state index >= 15 is 0 Å². The number of anilines is 1. The minimum absolute atomic E-state index is 0. The summed E-state index contributed by atoms with van der Waals surface area (Å²) in [4.78, 5) is 43.3. The first-order valence-electron chi connectivity index (χ1n) is 12.4. The molecular formula is C26H33ClFN3O4. The van der Waals surface area contributed by atoms with E-state index in [-0.39, 0.29) is 66.9 Å². The summed E-state index contributed by atoms with van der Waals surface area (Å²) in [5.74, 6) is -0.724. The molecule has 190 valence electrons. The Balaban J connectivity index is 0.00000289. The van der Waals surface area contributed by atoms with Crippen molar-refractivity contribution in [1.29, 1.82) is 0 Å². The number of amides is 2. The highest BCUT2D eigenvalue weighted by atomic mass is 35.5. The molecule has 0 spiro atoms. The molecule has 0 N–H and O–H groups in total. The van der Waals surface area contributed by atoms with Gasteiger partial charge < -0.3 is 9.64 Å². The zero-order valence-electron chi connectivity index (χ0n) is 19.9. The molecular weight excluding hydrogens is 473 g/mol. The fourth-order valence-corrected chi connectivity index (χ4v) is 5.67. The van der Waals surface area contributed by atoms with E-state index in [0.29, 0.717) is 39.0 Å². The van der Waals surface area contributed by atoms with E-state index in [0.717, 1.165) is 24.3 Å². The van der Waals surface area contributed by atoms with Crippen molar-refractivity contribution in [3.8, 4) is 5.75 Å². The van der Waals surface area contributed by atoms with Crippen molar-refractivity contribution in [2.45, 2.75) is 44.6 Å². The first-order valence-corrected chi connectivity index (χ1v) is 12.4. The number of imide groups is 1. The summed E-state index contributed by atoms with van der Waals surface area (Å²) in [5, 5.41) is 0. The average molecular weight is 506 g/mol. The summed E-state index contributed by atoms with van der Waals surface area (Å²) in [6.45, 7) is 2.63. The predicted octanol–water partition coefficient (Wildman–Crippen LogP) is 3.21. The van der Waals surface area contributed by atoms with Gasteiger partial charge in [-0.2, -0.15) is 0 Å². The summed E-state index contributed by atoms with van der Waals surface area (Å²) in [5.41, 5.74) is 0.766. The van der Waals surface area contributed by atoms with Crippen molar-refractivity contribution in [3.63, 3.8) is 0 Å². The maximum absolute atomic E-state index is 14.0. The summed E-state index contributed by atoms with van der Waals surface area (Å²) in [6.07, 6.45) is 9.64. The van der Waals surface area contributed by atoms with Crippen LogP contribution in [0.4, 0.5) is 10.1 Å². The van der Waals surface area contributed by atoms with Crippen LogP contribution >= 0.6 is 12.4 Å². The molecule has 7 nitrogen and oxygen atoms in total. The van der Waals surface area contributed by atoms with Crippen molar-refractivity contribution in [3.05, 3.63) is 36.2 Å². The molecule has 1 aromatic carbocycles. The van der Waals surface area contributed by atoms with E-state index in [4.69, 9.17) is 4.74 Å². The number of carbonyl (C=O) groups is 3. The minimum Gasteiger partial charge on any atom is -0.488 e. The smallest absolute Gasteiger partial charge is 0.233 e. The number of Topliss-reactive ketones (excluding diaryl/α,β-unsaturated/α-hetero) is 1. The molecule has 2 aliphatic carbocycles. The van der Waals surface area contributed by atoms with Gasteiger partial charge in [0.05, 0.1) is 36.7 Å². The molecule has 4 aliphatic rings. The number of allylic oxidation sites excluding steroid dienone is 2. The van der Waals surface area contributed by atoms with E-state index in [2.05, 4.69) is 4.90 Å². The van der Waals surface area contributed by atoms with Gasteiger partial charge in [-0.3, -0.25) is 24.2 Å². The van der Waals surface area contributed by atoms with Crippen LogP contribution in [0, 0.1) is 17.7 Å². The largest absolute Gasteiger partial charge is 0.488 e. The third-order valence-electron chi connectivity index (χ3n) is 7.56. The molecule has 2 aliphatic heterocycles. The van der Waals surface area contributed by atoms with Gasteiger partial charge in [0.25, 0.3) is 0 Å². The SMILES string of the molecule is Cl.O=C(CN1CCN(c2cc(F)ccc2OC2CCCC2)CC1)CN1C(=O)C2CC=CCC2C1=O. The van der Waals surface area contributed by atoms with Gasteiger partial charge in [0.2, 0.25) is 11.8 Å². The third kappa shape index (κ3) is 5.54. The number of piperazine rings is 1. The molecule has 2 heterocycles. The molecule has 35 heavy (non-hydrogen) atoms. The van der Waals surface area contributed by atoms with Crippen LogP contribution in [-0.2, 0) is 14.4 Å². The standard InChI is InChI=1S/C26H32FN3O4.ClH/c27-18-9-10-24(34-20-5-1-2-6-20)23(15-18)29-13-11-28(12-14-29)16-19(31)17-30-25(32)21-7-3-4-8-22(21)26(30)33;/h3-4,9-10,15,20-22H,1-2,5-8,11-14,16-17H2;1H. The molecule has 2 saturated heterocycles. The Morgan fingerprint density at radius 1 is 0.943 bits per heavy atom. The van der Waals surface area contributed by atoms with Crippen molar-refractivity contribution in [2.24, 2.45) is 11.8 Å². The zero-order chi connectivity index (χ0) is 23.7. The number of ether oxygens (including phenoxy) is 1. The van der Waals surface area contributed by atoms with Gasteiger partial charge in [-0.1, -0.05) is 12.2 Å². The van der Waals surface area contributed by atoms with Gasteiger partial charge in [0.1, 0.15) is 11.6 Å². The Labute approximate surface area is 211 Å². The average Bonchev–Trinajstić information content (AvgIpc) is 3.44. The summed E-state index contributed by atoms with van der Waals surface area (Å²) >= 11 is 0. The van der Waals surface area contributed by atoms with Crippen LogP contribution in [0.25, 0.3) is 0 Å². The fourth-order valence-electron chi connectivity index (χ4n) is 5.67. The lowest BCUT2D eigenvalue weighted by molar-refractivity contribution is -0.143. The van der Waals surface area contributed by atoms with Gasteiger partial charge in [0, 0.05) is 32.2 Å². The Hall–Kier alpha value is -2.45. The monoisotopic (exact) mass is 505 g/mol. The summed E-state index contributed by atoms with van der Waals surface area (Å²) in [6, 6.07) is 4.69. The highest BCUT2D eigenvalue weighted by Gasteiger charge is 2.47. The fraction of sp³-hybridized carbons (Fsp3) is 0.577. The minimum atomic E-state index is -0.305. The van der Waals surface area contributed by atoms with Crippen molar-refractivity contribution >= 4 is 35.7 Å². The lowest BCUT2D eigenvalue weighted by atomic mass is 9.85. The summed E-state index contributed by atoms with van der Waals surface area (Å²) < 4.78 is 20.2. The quantitative estimate of drug-likeness (QED) is 0.418. The molecule has 3 fully saturated rings. The number of halogens is 2. The van der Waals surface area contributed by atoms with Gasteiger partial charge in [-0.05, 0) is 50.7 Å². The number of nitrogens with zero attached hydrogens (tertiary/aromatic N) is 3. The third-order valence-corrected chi connectivity index (χ3v) is 7.56. The molecule has 0 bridgehead atoms. The van der Waals surface area contributed by atoms with E-state index in [1.807, 2.05) is 17.1 Å². The molecule has 9 heteroatoms. The highest BCUT2D eigenvalue weighted by molar-refractivity contribution is 6.07. The van der Waals surface area contributed by atoms with Gasteiger partial charge in [0.15, 0.2) is 5.78 Å². The van der Waals surface area contributed by atoms with Gasteiger partial charge in [-0.25, -0.2) is 4.39 Å². The Kier molecular flexibility index (Phi) is 8.12. The number of hydrogen-bond donors (Lipinski definition) is 0. The lowest BCUT2D eigenvalue weighted by Gasteiger charge is -2.36. The maximum Gasteiger partial charge on any atom is 0.233 e. The zero-order valence-corrected chi connectivity index (χ0v) is 20.7. The molecule has 1 aromatic rings. The van der Waals surface area contributed by atoms with Crippen LogP contribution in [0.5, 0.6) is 5.75 Å². The highest BCUT2D eigenvalue weighted by Crippen LogP contribution is 2.35. The number of hydrogen-bond acceptors (Lipinski definition) is 6. The van der Waals surface area contributed by atoms with Crippen molar-refractivity contribution in [1.82, 2.24) is 9.80 Å². The van der Waals surface area contributed by atoms with Crippen LogP contribution in [0.3, 0.4) is 0 Å². The van der Waals surface area contributed by atoms with Crippen LogP contribution in [-0.4, -0.2) is 72.8 Å². The molecule has 1 saturated carbocycles. The molecule has 0 aromatic heterocycles. The molecule has 5 rings (SSSR count). The second-order valence-corrected chi connectivity index (χ2v) is 9.86.